The second-order valence-electron chi connectivity index (χ2n) is 2.44. The molecule has 0 aromatic heterocycles. The van der Waals surface area contributed by atoms with Crippen molar-refractivity contribution in [2.45, 2.75) is 0 Å². The van der Waals surface area contributed by atoms with Crippen molar-refractivity contribution in [2.75, 3.05) is 0 Å². The third-order valence-corrected chi connectivity index (χ3v) is 2.43. The molecule has 0 bridgehead atoms. The number of hydrogen-bond acceptors (Lipinski definition) is 0. The van der Waals surface area contributed by atoms with Gasteiger partial charge in [0, 0.05) is 0 Å². The first-order valence-electron chi connectivity index (χ1n) is 3.49. The summed E-state index contributed by atoms with van der Waals surface area (Å²) in [4.78, 5) is 0. The summed E-state index contributed by atoms with van der Waals surface area (Å²) in [6.45, 7) is 0. The Bertz CT molecular complexity index is 374. The molecule has 0 saturated heterocycles. The van der Waals surface area contributed by atoms with E-state index in [-0.39, 0.29) is 0 Å². The van der Waals surface area contributed by atoms with Crippen LogP contribution in [0.15, 0.2) is 42.5 Å². The van der Waals surface area contributed by atoms with Gasteiger partial charge in [-0.3, -0.25) is 0 Å². The van der Waals surface area contributed by atoms with Crippen molar-refractivity contribution in [1.82, 2.24) is 0 Å². The predicted molar refractivity (Wildman–Crippen MR) is 43.6 cm³/mol. The van der Waals surface area contributed by atoms with E-state index in [1.54, 1.807) is 0 Å². The number of hydrogen-bond donors (Lipinski definition) is 0. The summed E-state index contributed by atoms with van der Waals surface area (Å²) in [6.07, 6.45) is 0. The van der Waals surface area contributed by atoms with E-state index in [1.807, 2.05) is 0 Å². The van der Waals surface area contributed by atoms with Crippen LogP contribution < -0.4 is 4.16 Å². The van der Waals surface area contributed by atoms with Gasteiger partial charge in [-0.25, -0.2) is 0 Å². The molecular formula is C10H7Rh. The molecule has 0 nitrogen and oxygen atoms in total. The molecule has 0 fully saturated rings. The molecule has 0 spiro atoms. The zero-order valence-corrected chi connectivity index (χ0v) is 7.51. The fourth-order valence-corrected chi connectivity index (χ4v) is 1.70. The van der Waals surface area contributed by atoms with Gasteiger partial charge in [0.1, 0.15) is 0 Å². The molecule has 56 valence electrons. The first-order chi connectivity index (χ1) is 5.38. The Morgan fingerprint density at radius 3 is 2.36 bits per heavy atom. The third-order valence-electron chi connectivity index (χ3n) is 1.72. The van der Waals surface area contributed by atoms with E-state index >= 15 is 0 Å². The van der Waals surface area contributed by atoms with Gasteiger partial charge >= 0.3 is 75.7 Å². The van der Waals surface area contributed by atoms with Crippen LogP contribution in [0.2, 0.25) is 0 Å². The van der Waals surface area contributed by atoms with Crippen LogP contribution in [0.1, 0.15) is 0 Å². The zero-order chi connectivity index (χ0) is 7.68. The number of fused-ring (bicyclic) bond motifs is 1. The molecule has 0 aliphatic carbocycles. The molecule has 0 aliphatic rings. The second kappa shape index (κ2) is 2.75. The van der Waals surface area contributed by atoms with Crippen molar-refractivity contribution in [3.63, 3.8) is 0 Å². The Hall–Kier alpha value is -0.677. The van der Waals surface area contributed by atoms with Gasteiger partial charge in [-0.05, 0) is 0 Å². The topological polar surface area (TPSA) is 0 Å². The summed E-state index contributed by atoms with van der Waals surface area (Å²) in [6, 6.07) is 14.7. The van der Waals surface area contributed by atoms with Gasteiger partial charge in [0.15, 0.2) is 0 Å². The van der Waals surface area contributed by atoms with Crippen molar-refractivity contribution in [3.05, 3.63) is 42.5 Å². The molecule has 0 amide bonds. The van der Waals surface area contributed by atoms with Crippen LogP contribution in [-0.2, 0) is 18.3 Å². The van der Waals surface area contributed by atoms with Crippen LogP contribution in [0.25, 0.3) is 10.8 Å². The van der Waals surface area contributed by atoms with Gasteiger partial charge in [0.2, 0.25) is 0 Å². The predicted octanol–water partition coefficient (Wildman–Crippen LogP) is 2.01. The molecule has 0 aliphatic heterocycles. The summed E-state index contributed by atoms with van der Waals surface area (Å²) >= 11 is 2.94. The molecule has 0 N–H and O–H groups in total. The molecule has 0 unspecified atom stereocenters. The molecule has 0 saturated carbocycles. The normalized spacial score (nSPS) is 10.4. The minimum absolute atomic E-state index is 1.24. The average molecular weight is 230 g/mol. The molecule has 2 aromatic rings. The fraction of sp³-hybridized carbons (Fsp3) is 0. The van der Waals surface area contributed by atoms with E-state index in [0.717, 1.165) is 0 Å². The van der Waals surface area contributed by atoms with E-state index in [4.69, 9.17) is 0 Å². The van der Waals surface area contributed by atoms with Gasteiger partial charge in [0.05, 0.1) is 0 Å². The molecule has 0 radical (unpaired) electrons. The van der Waals surface area contributed by atoms with Crippen LogP contribution in [0.3, 0.4) is 0 Å². The van der Waals surface area contributed by atoms with E-state index < -0.39 is 0 Å². The van der Waals surface area contributed by atoms with Gasteiger partial charge in [-0.2, -0.15) is 0 Å². The Kier molecular flexibility index (Phi) is 1.75. The van der Waals surface area contributed by atoms with Gasteiger partial charge < -0.3 is 0 Å². The summed E-state index contributed by atoms with van der Waals surface area (Å²) in [5.74, 6) is 0. The van der Waals surface area contributed by atoms with Crippen LogP contribution in [0, 0.1) is 0 Å². The molecule has 11 heavy (non-hydrogen) atoms. The standard InChI is InChI=1S/C10H7.Rh/c1-2-6-10-8-4-3-7-9(10)5-1;/h1-7H;. The van der Waals surface area contributed by atoms with Crippen molar-refractivity contribution >= 4 is 14.9 Å². The van der Waals surface area contributed by atoms with Crippen LogP contribution in [-0.4, -0.2) is 0 Å². The van der Waals surface area contributed by atoms with E-state index in [1.165, 1.54) is 14.9 Å². The maximum atomic E-state index is 2.94. The SMILES string of the molecule is [Rh][c]1cccc2ccccc12. The molecule has 0 atom stereocenters. The molecule has 2 rings (SSSR count). The summed E-state index contributed by atoms with van der Waals surface area (Å²) < 4.78 is 1.24. The average Bonchev–Trinajstić information content (AvgIpc) is 2.06. The Morgan fingerprint density at radius 2 is 1.55 bits per heavy atom. The van der Waals surface area contributed by atoms with Crippen molar-refractivity contribution in [3.8, 4) is 0 Å². The minimum atomic E-state index is 1.24. The van der Waals surface area contributed by atoms with E-state index in [9.17, 15) is 0 Å². The first-order valence-corrected chi connectivity index (χ1v) is 4.31. The Morgan fingerprint density at radius 1 is 0.818 bits per heavy atom. The first kappa shape index (κ1) is 7.00. The summed E-state index contributed by atoms with van der Waals surface area (Å²) in [7, 11) is 0. The van der Waals surface area contributed by atoms with Gasteiger partial charge in [-0.1, -0.05) is 0 Å². The molecule has 0 heterocycles. The van der Waals surface area contributed by atoms with Gasteiger partial charge in [-0.15, -0.1) is 0 Å². The third kappa shape index (κ3) is 1.21. The second-order valence-corrected chi connectivity index (χ2v) is 3.32. The Balaban J connectivity index is 2.91. The molecular weight excluding hydrogens is 223 g/mol. The van der Waals surface area contributed by atoms with Crippen LogP contribution in [0.4, 0.5) is 0 Å². The zero-order valence-electron chi connectivity index (χ0n) is 5.87. The Labute approximate surface area is 75.9 Å². The van der Waals surface area contributed by atoms with Gasteiger partial charge in [0.25, 0.3) is 0 Å². The number of benzene rings is 2. The van der Waals surface area contributed by atoms with Crippen molar-refractivity contribution in [1.29, 1.82) is 0 Å². The van der Waals surface area contributed by atoms with Crippen molar-refractivity contribution < 1.29 is 18.3 Å². The van der Waals surface area contributed by atoms with Crippen LogP contribution in [0.5, 0.6) is 0 Å². The van der Waals surface area contributed by atoms with Crippen LogP contribution >= 0.6 is 0 Å². The molecule has 1 heteroatoms. The summed E-state index contributed by atoms with van der Waals surface area (Å²) in [5, 5.41) is 2.61. The maximum absolute atomic E-state index is 2.94. The molecule has 2 aromatic carbocycles. The monoisotopic (exact) mass is 230 g/mol. The fourth-order valence-electron chi connectivity index (χ4n) is 1.17. The summed E-state index contributed by atoms with van der Waals surface area (Å²) in [5.41, 5.74) is 0. The van der Waals surface area contributed by atoms with E-state index in [2.05, 4.69) is 60.8 Å². The van der Waals surface area contributed by atoms with Crippen molar-refractivity contribution in [2.24, 2.45) is 0 Å². The number of rotatable bonds is 0. The quantitative estimate of drug-likeness (QED) is 0.607. The van der Waals surface area contributed by atoms with E-state index in [0.29, 0.717) is 0 Å².